The highest BCUT2D eigenvalue weighted by atomic mass is 32.2. The molecule has 1 saturated carbocycles. The van der Waals surface area contributed by atoms with Crippen molar-refractivity contribution in [3.05, 3.63) is 0 Å². The lowest BCUT2D eigenvalue weighted by Gasteiger charge is -2.21. The molecule has 0 aromatic carbocycles. The number of carbonyl (C=O) groups is 1. The molecule has 2 rings (SSSR count). The summed E-state index contributed by atoms with van der Waals surface area (Å²) in [6.45, 7) is 5.37. The quantitative estimate of drug-likeness (QED) is 0.760. The van der Waals surface area contributed by atoms with E-state index in [4.69, 9.17) is 0 Å². The van der Waals surface area contributed by atoms with Gasteiger partial charge in [0.15, 0.2) is 0 Å². The molecule has 1 aliphatic carbocycles. The Morgan fingerprint density at radius 3 is 2.80 bits per heavy atom. The largest absolute Gasteiger partial charge is 0.354 e. The van der Waals surface area contributed by atoms with Crippen LogP contribution >= 0.6 is 11.8 Å². The summed E-state index contributed by atoms with van der Waals surface area (Å²) in [6, 6.07) is 0.0398. The van der Waals surface area contributed by atoms with Gasteiger partial charge in [0, 0.05) is 18.2 Å². The number of thioether (sulfide) groups is 1. The number of hydrogen-bond donors (Lipinski definition) is 2. The van der Waals surface area contributed by atoms with Crippen LogP contribution in [0.25, 0.3) is 0 Å². The van der Waals surface area contributed by atoms with Crippen molar-refractivity contribution < 1.29 is 4.79 Å². The Labute approximate surface area is 95.8 Å². The molecular weight excluding hydrogens is 208 g/mol. The fraction of sp³-hybridized carbons (Fsp3) is 0.909. The molecular formula is C11H20N2OS. The normalized spacial score (nSPS) is 28.1. The van der Waals surface area contributed by atoms with Gasteiger partial charge in [-0.05, 0) is 24.2 Å². The Hall–Kier alpha value is -0.220. The van der Waals surface area contributed by atoms with Gasteiger partial charge in [-0.2, -0.15) is 0 Å². The molecule has 1 atom stereocenters. The predicted molar refractivity (Wildman–Crippen MR) is 63.8 cm³/mol. The zero-order valence-corrected chi connectivity index (χ0v) is 10.3. The predicted octanol–water partition coefficient (Wildman–Crippen LogP) is 1.20. The monoisotopic (exact) mass is 228 g/mol. The van der Waals surface area contributed by atoms with Gasteiger partial charge in [-0.1, -0.05) is 13.8 Å². The first-order valence-electron chi connectivity index (χ1n) is 5.73. The van der Waals surface area contributed by atoms with Crippen molar-refractivity contribution in [3.8, 4) is 0 Å². The summed E-state index contributed by atoms with van der Waals surface area (Å²) >= 11 is 1.79. The average molecular weight is 228 g/mol. The van der Waals surface area contributed by atoms with Gasteiger partial charge in [0.05, 0.1) is 6.04 Å². The maximum Gasteiger partial charge on any atom is 0.238 e. The summed E-state index contributed by atoms with van der Waals surface area (Å²) in [7, 11) is 0. The minimum Gasteiger partial charge on any atom is -0.354 e. The molecule has 1 saturated heterocycles. The van der Waals surface area contributed by atoms with Gasteiger partial charge in [-0.15, -0.1) is 11.8 Å². The molecule has 1 heterocycles. The molecule has 1 amide bonds. The van der Waals surface area contributed by atoms with Crippen LogP contribution in [0.15, 0.2) is 0 Å². The Bertz CT molecular complexity index is 245. The Morgan fingerprint density at radius 2 is 2.33 bits per heavy atom. The fourth-order valence-electron chi connectivity index (χ4n) is 2.07. The maximum absolute atomic E-state index is 11.8. The highest BCUT2D eigenvalue weighted by Gasteiger charge is 2.45. The van der Waals surface area contributed by atoms with Crippen molar-refractivity contribution in [2.75, 3.05) is 18.2 Å². The van der Waals surface area contributed by atoms with Crippen molar-refractivity contribution in [3.63, 3.8) is 0 Å². The minimum absolute atomic E-state index is 0.0398. The Balaban J connectivity index is 1.75. The second-order valence-corrected chi connectivity index (χ2v) is 6.04. The zero-order valence-electron chi connectivity index (χ0n) is 9.51. The molecule has 2 aliphatic rings. The van der Waals surface area contributed by atoms with E-state index < -0.39 is 0 Å². The summed E-state index contributed by atoms with van der Waals surface area (Å²) < 4.78 is 0. The van der Waals surface area contributed by atoms with Crippen LogP contribution in [0.1, 0.15) is 26.7 Å². The topological polar surface area (TPSA) is 41.1 Å². The Morgan fingerprint density at radius 1 is 1.60 bits per heavy atom. The van der Waals surface area contributed by atoms with E-state index in [0.717, 1.165) is 18.2 Å². The van der Waals surface area contributed by atoms with Crippen LogP contribution in [0.4, 0.5) is 0 Å². The summed E-state index contributed by atoms with van der Waals surface area (Å²) in [6.07, 6.45) is 2.55. The molecule has 15 heavy (non-hydrogen) atoms. The van der Waals surface area contributed by atoms with Crippen LogP contribution < -0.4 is 10.6 Å². The third kappa shape index (κ3) is 2.48. The smallest absolute Gasteiger partial charge is 0.238 e. The van der Waals surface area contributed by atoms with Gasteiger partial charge in [-0.3, -0.25) is 10.1 Å². The van der Waals surface area contributed by atoms with Gasteiger partial charge in [0.25, 0.3) is 0 Å². The SMILES string of the molecule is CC(C)C1(CNC(=O)[C@H]2CSCN2)CC1. The lowest BCUT2D eigenvalue weighted by atomic mass is 9.92. The molecule has 1 aliphatic heterocycles. The molecule has 4 heteroatoms. The van der Waals surface area contributed by atoms with E-state index in [1.807, 2.05) is 0 Å². The van der Waals surface area contributed by atoms with E-state index in [1.165, 1.54) is 12.8 Å². The number of nitrogens with one attached hydrogen (secondary N) is 2. The van der Waals surface area contributed by atoms with Crippen LogP contribution in [-0.4, -0.2) is 30.1 Å². The van der Waals surface area contributed by atoms with Crippen LogP contribution in [0, 0.1) is 11.3 Å². The molecule has 0 bridgehead atoms. The molecule has 0 unspecified atom stereocenters. The van der Waals surface area contributed by atoms with Crippen LogP contribution in [0.3, 0.4) is 0 Å². The minimum atomic E-state index is 0.0398. The highest BCUT2D eigenvalue weighted by molar-refractivity contribution is 7.99. The van der Waals surface area contributed by atoms with Crippen LogP contribution in [-0.2, 0) is 4.79 Å². The van der Waals surface area contributed by atoms with E-state index >= 15 is 0 Å². The number of hydrogen-bond acceptors (Lipinski definition) is 3. The van der Waals surface area contributed by atoms with Crippen LogP contribution in [0.2, 0.25) is 0 Å². The number of amides is 1. The van der Waals surface area contributed by atoms with E-state index in [2.05, 4.69) is 24.5 Å². The number of rotatable bonds is 4. The van der Waals surface area contributed by atoms with E-state index in [0.29, 0.717) is 11.3 Å². The van der Waals surface area contributed by atoms with E-state index in [-0.39, 0.29) is 11.9 Å². The van der Waals surface area contributed by atoms with Gasteiger partial charge in [0.1, 0.15) is 0 Å². The van der Waals surface area contributed by atoms with Crippen molar-refractivity contribution in [1.82, 2.24) is 10.6 Å². The molecule has 0 aromatic rings. The lowest BCUT2D eigenvalue weighted by Crippen LogP contribution is -2.44. The molecule has 3 nitrogen and oxygen atoms in total. The standard InChI is InChI=1S/C11H20N2OS/c1-8(2)11(3-4-11)6-12-10(14)9-5-15-7-13-9/h8-9,13H,3-7H2,1-2H3,(H,12,14)/t9-/m1/s1. The third-order valence-corrected chi connectivity index (χ3v) is 4.70. The van der Waals surface area contributed by atoms with Crippen LogP contribution in [0.5, 0.6) is 0 Å². The summed E-state index contributed by atoms with van der Waals surface area (Å²) in [5.41, 5.74) is 0.418. The first-order valence-corrected chi connectivity index (χ1v) is 6.88. The first kappa shape index (κ1) is 11.3. The summed E-state index contributed by atoms with van der Waals surface area (Å²) in [5.74, 6) is 2.70. The Kier molecular flexibility index (Phi) is 3.26. The van der Waals surface area contributed by atoms with Gasteiger partial charge >= 0.3 is 0 Å². The van der Waals surface area contributed by atoms with E-state index in [9.17, 15) is 4.79 Å². The zero-order chi connectivity index (χ0) is 10.9. The van der Waals surface area contributed by atoms with Crippen molar-refractivity contribution >= 4 is 17.7 Å². The van der Waals surface area contributed by atoms with Gasteiger partial charge in [0.2, 0.25) is 5.91 Å². The molecule has 2 fully saturated rings. The second-order valence-electron chi connectivity index (χ2n) is 5.01. The fourth-order valence-corrected chi connectivity index (χ4v) is 3.01. The third-order valence-electron chi connectivity index (χ3n) is 3.76. The molecule has 0 aromatic heterocycles. The van der Waals surface area contributed by atoms with Gasteiger partial charge < -0.3 is 5.32 Å². The average Bonchev–Trinajstić information content (AvgIpc) is 2.80. The molecule has 86 valence electrons. The first-order chi connectivity index (χ1) is 7.14. The summed E-state index contributed by atoms with van der Waals surface area (Å²) in [4.78, 5) is 11.8. The second kappa shape index (κ2) is 4.34. The van der Waals surface area contributed by atoms with Crippen molar-refractivity contribution in [2.45, 2.75) is 32.7 Å². The molecule has 0 spiro atoms. The highest BCUT2D eigenvalue weighted by Crippen LogP contribution is 2.51. The van der Waals surface area contributed by atoms with Crippen molar-refractivity contribution in [1.29, 1.82) is 0 Å². The van der Waals surface area contributed by atoms with Crippen molar-refractivity contribution in [2.24, 2.45) is 11.3 Å². The number of carbonyl (C=O) groups excluding carboxylic acids is 1. The summed E-state index contributed by atoms with van der Waals surface area (Å²) in [5, 5.41) is 6.29. The molecule has 2 N–H and O–H groups in total. The maximum atomic E-state index is 11.8. The molecule has 0 radical (unpaired) electrons. The lowest BCUT2D eigenvalue weighted by molar-refractivity contribution is -0.122. The van der Waals surface area contributed by atoms with Gasteiger partial charge in [-0.25, -0.2) is 0 Å². The van der Waals surface area contributed by atoms with E-state index in [1.54, 1.807) is 11.8 Å².